The summed E-state index contributed by atoms with van der Waals surface area (Å²) >= 11 is 0. The van der Waals surface area contributed by atoms with Crippen molar-refractivity contribution in [1.82, 2.24) is 23.4 Å². The SMILES string of the molecule is C=CCCc1cc2c(-c3cc(C(=O)N4CCOCC4)c4ncn(COCC[Si](C)(C)C)c4c3)c[nH]c(=O)c2n1S(=O)(=O)c1ccc(C)cc1. The molecule has 3 aromatic heterocycles. The van der Waals surface area contributed by atoms with Crippen LogP contribution >= 0.6 is 0 Å². The summed E-state index contributed by atoms with van der Waals surface area (Å²) in [6.07, 6.45) is 5.84. The topological polar surface area (TPSA) is 129 Å². The van der Waals surface area contributed by atoms with Crippen LogP contribution in [0.1, 0.15) is 28.0 Å². The largest absolute Gasteiger partial charge is 0.378 e. The normalized spacial score (nSPS) is 14.2. The van der Waals surface area contributed by atoms with Crippen molar-refractivity contribution in [3.05, 3.63) is 94.8 Å². The predicted molar refractivity (Wildman–Crippen MR) is 194 cm³/mol. The number of fused-ring (bicyclic) bond motifs is 2. The van der Waals surface area contributed by atoms with E-state index in [1.54, 1.807) is 59.9 Å². The molecule has 0 unspecified atom stereocenters. The van der Waals surface area contributed by atoms with Gasteiger partial charge in [0.1, 0.15) is 17.8 Å². The number of amides is 1. The quantitative estimate of drug-likeness (QED) is 0.0990. The summed E-state index contributed by atoms with van der Waals surface area (Å²) in [6, 6.07) is 13.0. The standard InChI is InChI=1S/C36H43N5O6SSi/c1-6-7-8-27-21-29-31(22-37-35(42)34(29)41(27)48(44,45)28-11-9-25(2)10-12-28)26-19-30(36(43)39-13-15-46-16-14-39)33-32(20-26)40(23-38-33)24-47-17-18-49(3,4)5/h6,9-12,19-23H,1,7-8,13-18,24H2,2-5H3,(H,37,42). The number of nitrogens with zero attached hydrogens (tertiary/aromatic N) is 4. The monoisotopic (exact) mass is 701 g/mol. The number of benzene rings is 2. The van der Waals surface area contributed by atoms with E-state index in [1.165, 1.54) is 0 Å². The Balaban J connectivity index is 1.54. The number of nitrogens with one attached hydrogen (secondary N) is 1. The Labute approximate surface area is 287 Å². The zero-order valence-electron chi connectivity index (χ0n) is 28.5. The van der Waals surface area contributed by atoms with Crippen LogP contribution in [-0.4, -0.2) is 78.7 Å². The number of hydrogen-bond acceptors (Lipinski definition) is 7. The zero-order valence-corrected chi connectivity index (χ0v) is 30.3. The number of aromatic nitrogens is 4. The molecule has 1 N–H and O–H groups in total. The van der Waals surface area contributed by atoms with Gasteiger partial charge in [-0.05, 0) is 61.7 Å². The number of H-pyrrole nitrogens is 1. The second kappa shape index (κ2) is 13.9. The molecule has 49 heavy (non-hydrogen) atoms. The Morgan fingerprint density at radius 3 is 2.55 bits per heavy atom. The first kappa shape index (κ1) is 34.6. The Bertz CT molecular complexity index is 2190. The Hall–Kier alpha value is -4.30. The highest BCUT2D eigenvalue weighted by molar-refractivity contribution is 7.90. The maximum Gasteiger partial charge on any atom is 0.273 e. The third-order valence-corrected chi connectivity index (χ3v) is 12.3. The van der Waals surface area contributed by atoms with Gasteiger partial charge >= 0.3 is 0 Å². The van der Waals surface area contributed by atoms with Crippen LogP contribution in [0, 0.1) is 6.92 Å². The fourth-order valence-corrected chi connectivity index (χ4v) is 8.39. The smallest absolute Gasteiger partial charge is 0.273 e. The van der Waals surface area contributed by atoms with Crippen molar-refractivity contribution in [3.63, 3.8) is 0 Å². The second-order valence-electron chi connectivity index (χ2n) is 13.7. The number of rotatable bonds is 12. The molecule has 0 saturated carbocycles. The van der Waals surface area contributed by atoms with E-state index in [-0.39, 0.29) is 23.1 Å². The highest BCUT2D eigenvalue weighted by atomic mass is 32.2. The summed E-state index contributed by atoms with van der Waals surface area (Å²) in [5.41, 5.74) is 3.72. The number of pyridine rings is 1. The van der Waals surface area contributed by atoms with Gasteiger partial charge in [0.2, 0.25) is 0 Å². The van der Waals surface area contributed by atoms with E-state index in [4.69, 9.17) is 9.47 Å². The van der Waals surface area contributed by atoms with Gasteiger partial charge in [-0.1, -0.05) is 43.4 Å². The molecule has 1 fully saturated rings. The van der Waals surface area contributed by atoms with Gasteiger partial charge in [0.25, 0.3) is 21.5 Å². The Kier molecular flexibility index (Phi) is 9.80. The fraction of sp³-hybridized carbons (Fsp3) is 0.361. The number of ether oxygens (including phenoxy) is 2. The van der Waals surface area contributed by atoms with Crippen LogP contribution < -0.4 is 5.56 Å². The van der Waals surface area contributed by atoms with Crippen LogP contribution in [-0.2, 0) is 32.6 Å². The molecule has 13 heteroatoms. The van der Waals surface area contributed by atoms with E-state index in [1.807, 2.05) is 17.6 Å². The summed E-state index contributed by atoms with van der Waals surface area (Å²) in [7, 11) is -5.45. The lowest BCUT2D eigenvalue weighted by molar-refractivity contribution is 0.0304. The van der Waals surface area contributed by atoms with Gasteiger partial charge in [-0.15, -0.1) is 6.58 Å². The molecule has 5 aromatic rings. The summed E-state index contributed by atoms with van der Waals surface area (Å²) in [5.74, 6) is -0.174. The van der Waals surface area contributed by atoms with Crippen molar-refractivity contribution in [2.75, 3.05) is 32.9 Å². The minimum atomic E-state index is -4.15. The van der Waals surface area contributed by atoms with E-state index in [2.05, 4.69) is 36.2 Å². The number of carbonyl (C=O) groups is 1. The van der Waals surface area contributed by atoms with E-state index in [0.29, 0.717) is 84.6 Å². The van der Waals surface area contributed by atoms with Crippen molar-refractivity contribution in [2.45, 2.75) is 57.1 Å². The zero-order chi connectivity index (χ0) is 34.9. The van der Waals surface area contributed by atoms with Crippen molar-refractivity contribution < 1.29 is 22.7 Å². The Morgan fingerprint density at radius 2 is 1.86 bits per heavy atom. The van der Waals surface area contributed by atoms with Gasteiger partial charge in [0.15, 0.2) is 0 Å². The molecule has 258 valence electrons. The molecule has 0 bridgehead atoms. The van der Waals surface area contributed by atoms with Gasteiger partial charge in [-0.25, -0.2) is 17.4 Å². The molecule has 0 spiro atoms. The lowest BCUT2D eigenvalue weighted by Crippen LogP contribution is -2.40. The molecule has 4 heterocycles. The van der Waals surface area contributed by atoms with Crippen LogP contribution in [0.3, 0.4) is 0 Å². The van der Waals surface area contributed by atoms with Crippen molar-refractivity contribution in [3.8, 4) is 11.1 Å². The van der Waals surface area contributed by atoms with Gasteiger partial charge < -0.3 is 23.9 Å². The maximum atomic E-state index is 14.2. The lowest BCUT2D eigenvalue weighted by Gasteiger charge is -2.27. The fourth-order valence-electron chi connectivity index (χ4n) is 6.07. The van der Waals surface area contributed by atoms with Crippen LogP contribution in [0.2, 0.25) is 25.7 Å². The number of aryl methyl sites for hydroxylation is 2. The van der Waals surface area contributed by atoms with Crippen molar-refractivity contribution in [2.24, 2.45) is 0 Å². The van der Waals surface area contributed by atoms with E-state index in [9.17, 15) is 18.0 Å². The van der Waals surface area contributed by atoms with Gasteiger partial charge in [0, 0.05) is 50.6 Å². The average Bonchev–Trinajstić information content (AvgIpc) is 3.68. The molecule has 0 aliphatic carbocycles. The molecule has 6 rings (SSSR count). The molecule has 1 saturated heterocycles. The molecule has 11 nitrogen and oxygen atoms in total. The number of morpholine rings is 1. The minimum Gasteiger partial charge on any atom is -0.378 e. The second-order valence-corrected chi connectivity index (χ2v) is 21.1. The number of aromatic amines is 1. The Morgan fingerprint density at radius 1 is 1.12 bits per heavy atom. The summed E-state index contributed by atoms with van der Waals surface area (Å²) in [6.45, 7) is 15.3. The van der Waals surface area contributed by atoms with Crippen LogP contribution in [0.15, 0.2) is 77.3 Å². The number of allylic oxidation sites excluding steroid dienone is 1. The maximum absolute atomic E-state index is 14.2. The third-order valence-electron chi connectivity index (χ3n) is 8.84. The highest BCUT2D eigenvalue weighted by Crippen LogP contribution is 2.35. The highest BCUT2D eigenvalue weighted by Gasteiger charge is 2.28. The number of hydrogen-bond donors (Lipinski definition) is 1. The molecular formula is C36H43N5O6SSi. The van der Waals surface area contributed by atoms with Crippen LogP contribution in [0.25, 0.3) is 33.1 Å². The van der Waals surface area contributed by atoms with E-state index in [0.717, 1.165) is 15.6 Å². The van der Waals surface area contributed by atoms with Crippen molar-refractivity contribution >= 4 is 45.9 Å². The minimum absolute atomic E-state index is 0.0153. The molecule has 0 radical (unpaired) electrons. The van der Waals surface area contributed by atoms with Crippen LogP contribution in [0.4, 0.5) is 0 Å². The lowest BCUT2D eigenvalue weighted by atomic mass is 9.99. The van der Waals surface area contributed by atoms with Gasteiger partial charge in [-0.3, -0.25) is 9.59 Å². The first-order valence-electron chi connectivity index (χ1n) is 16.5. The summed E-state index contributed by atoms with van der Waals surface area (Å²) in [5, 5.41) is 0.458. The number of carbonyl (C=O) groups excluding carboxylic acids is 1. The van der Waals surface area contributed by atoms with Crippen LogP contribution in [0.5, 0.6) is 0 Å². The molecule has 1 amide bonds. The molecule has 2 aromatic carbocycles. The van der Waals surface area contributed by atoms with Gasteiger partial charge in [-0.2, -0.15) is 0 Å². The van der Waals surface area contributed by atoms with E-state index < -0.39 is 23.7 Å². The summed E-state index contributed by atoms with van der Waals surface area (Å²) < 4.78 is 43.0. The molecule has 1 aliphatic rings. The first-order valence-corrected chi connectivity index (χ1v) is 21.7. The summed E-state index contributed by atoms with van der Waals surface area (Å²) in [4.78, 5) is 36.9. The molecular weight excluding hydrogens is 659 g/mol. The van der Waals surface area contributed by atoms with E-state index >= 15 is 0 Å². The predicted octanol–water partition coefficient (Wildman–Crippen LogP) is 5.80. The molecule has 1 aliphatic heterocycles. The first-order chi connectivity index (χ1) is 23.4. The van der Waals surface area contributed by atoms with Crippen molar-refractivity contribution in [1.29, 1.82) is 0 Å². The average molecular weight is 702 g/mol. The molecule has 0 atom stereocenters. The van der Waals surface area contributed by atoms with Gasteiger partial charge in [0.05, 0.1) is 35.5 Å². The third kappa shape index (κ3) is 7.07. The number of imidazole rings is 1.